The topological polar surface area (TPSA) is 102 Å². The zero-order valence-electron chi connectivity index (χ0n) is 21.2. The van der Waals surface area contributed by atoms with Gasteiger partial charge in [-0.15, -0.1) is 0 Å². The zero-order valence-corrected chi connectivity index (χ0v) is 22.9. The van der Waals surface area contributed by atoms with Crippen LogP contribution in [-0.2, 0) is 22.2 Å². The van der Waals surface area contributed by atoms with Crippen molar-refractivity contribution >= 4 is 40.2 Å². The number of carbonyl (C=O) groups is 2. The smallest absolute Gasteiger partial charge is 0.414 e. The van der Waals surface area contributed by atoms with E-state index in [-0.39, 0.29) is 12.2 Å². The molecule has 0 fully saturated rings. The molecule has 11 heteroatoms. The van der Waals surface area contributed by atoms with Crippen LogP contribution in [0.2, 0.25) is 5.02 Å². The number of aromatic nitrogens is 2. The Hall–Kier alpha value is -2.59. The first-order valence-electron chi connectivity index (χ1n) is 11.7. The van der Waals surface area contributed by atoms with Crippen LogP contribution in [0.5, 0.6) is 0 Å². The standard InChI is InChI=1S/C24H35ClN4O5S/c1-7-9-10-13-29(35(32)33)22(30)21-16-27(17(3)26-21)15-18-11-12-19(14-20(18)25)28(8-2)23(31)34-24(4,5)6/h11-12,14,16,35H,7-10,13,15H2,1-6H3. The summed E-state index contributed by atoms with van der Waals surface area (Å²) in [6.07, 6.45) is 3.42. The number of carbonyl (C=O) groups excluding carboxylic acids is 2. The van der Waals surface area contributed by atoms with Crippen molar-refractivity contribution < 1.29 is 22.7 Å². The van der Waals surface area contributed by atoms with E-state index in [9.17, 15) is 18.0 Å². The average Bonchev–Trinajstić information content (AvgIpc) is 3.12. The maximum atomic E-state index is 12.8. The number of hydrogen-bond donors (Lipinski definition) is 1. The van der Waals surface area contributed by atoms with Crippen LogP contribution in [0.1, 0.15) is 75.8 Å². The largest absolute Gasteiger partial charge is 0.443 e. The fourth-order valence-corrected chi connectivity index (χ4v) is 4.21. The molecule has 2 amide bonds. The first-order chi connectivity index (χ1) is 16.4. The number of benzene rings is 1. The van der Waals surface area contributed by atoms with Gasteiger partial charge in [0.15, 0.2) is 0 Å². The third-order valence-corrected chi connectivity index (χ3v) is 6.35. The minimum absolute atomic E-state index is 0.0630. The molecule has 194 valence electrons. The second-order valence-corrected chi connectivity index (χ2v) is 10.5. The van der Waals surface area contributed by atoms with Crippen molar-refractivity contribution in [3.8, 4) is 0 Å². The first kappa shape index (κ1) is 28.6. The molecule has 1 aromatic carbocycles. The quantitative estimate of drug-likeness (QED) is 0.352. The molecule has 1 heterocycles. The summed E-state index contributed by atoms with van der Waals surface area (Å²) < 4.78 is 31.3. The van der Waals surface area contributed by atoms with E-state index in [0.717, 1.165) is 22.7 Å². The van der Waals surface area contributed by atoms with Gasteiger partial charge in [-0.2, -0.15) is 0 Å². The molecule has 0 radical (unpaired) electrons. The fraction of sp³-hybridized carbons (Fsp3) is 0.542. The molecule has 2 rings (SSSR count). The van der Waals surface area contributed by atoms with E-state index < -0.39 is 28.5 Å². The van der Waals surface area contributed by atoms with E-state index in [1.807, 2.05) is 13.8 Å². The lowest BCUT2D eigenvalue weighted by Gasteiger charge is -2.27. The number of rotatable bonds is 10. The number of aryl methyl sites for hydroxylation is 1. The second-order valence-electron chi connectivity index (χ2n) is 9.17. The predicted octanol–water partition coefficient (Wildman–Crippen LogP) is 4.81. The molecular weight excluding hydrogens is 492 g/mol. The molecule has 0 aliphatic rings. The van der Waals surface area contributed by atoms with Gasteiger partial charge >= 0.3 is 6.09 Å². The van der Waals surface area contributed by atoms with Gasteiger partial charge < -0.3 is 9.30 Å². The van der Waals surface area contributed by atoms with Crippen LogP contribution in [0.3, 0.4) is 0 Å². The van der Waals surface area contributed by atoms with E-state index in [4.69, 9.17) is 16.3 Å². The first-order valence-corrected chi connectivity index (χ1v) is 13.2. The van der Waals surface area contributed by atoms with Crippen molar-refractivity contribution in [1.29, 1.82) is 0 Å². The molecule has 2 aromatic rings. The number of halogens is 1. The lowest BCUT2D eigenvalue weighted by Crippen LogP contribution is -2.36. The molecule has 1 aromatic heterocycles. The summed E-state index contributed by atoms with van der Waals surface area (Å²) in [5, 5.41) is 0.439. The summed E-state index contributed by atoms with van der Waals surface area (Å²) in [5.74, 6) is -0.0940. The number of imidazole rings is 1. The summed E-state index contributed by atoms with van der Waals surface area (Å²) >= 11 is 6.54. The molecule has 9 nitrogen and oxygen atoms in total. The van der Waals surface area contributed by atoms with Crippen LogP contribution in [0.15, 0.2) is 24.4 Å². The molecule has 0 N–H and O–H groups in total. The molecule has 0 bridgehead atoms. The summed E-state index contributed by atoms with van der Waals surface area (Å²) in [5.41, 5.74) is 0.807. The van der Waals surface area contributed by atoms with Crippen LogP contribution in [0, 0.1) is 6.92 Å². The van der Waals surface area contributed by atoms with Crippen molar-refractivity contribution in [1.82, 2.24) is 13.9 Å². The Morgan fingerprint density at radius 2 is 1.86 bits per heavy atom. The number of nitrogens with zero attached hydrogens (tertiary/aromatic N) is 4. The summed E-state index contributed by atoms with van der Waals surface area (Å²) in [6, 6.07) is 5.28. The summed E-state index contributed by atoms with van der Waals surface area (Å²) in [4.78, 5) is 31.1. The minimum Gasteiger partial charge on any atom is -0.443 e. The highest BCUT2D eigenvalue weighted by molar-refractivity contribution is 7.70. The molecule has 0 atom stereocenters. The number of ether oxygens (including phenoxy) is 1. The Kier molecular flexibility index (Phi) is 10.1. The Balaban J connectivity index is 2.22. The third kappa shape index (κ3) is 7.96. The average molecular weight is 527 g/mol. The molecule has 35 heavy (non-hydrogen) atoms. The minimum atomic E-state index is -3.05. The van der Waals surface area contributed by atoms with Gasteiger partial charge in [-0.25, -0.2) is 22.5 Å². The highest BCUT2D eigenvalue weighted by Crippen LogP contribution is 2.26. The number of unbranched alkanes of at least 4 members (excludes halogenated alkanes) is 2. The van der Waals surface area contributed by atoms with Crippen molar-refractivity contribution in [3.63, 3.8) is 0 Å². The maximum Gasteiger partial charge on any atom is 0.414 e. The van der Waals surface area contributed by atoms with E-state index in [0.29, 0.717) is 36.0 Å². The van der Waals surface area contributed by atoms with Crippen LogP contribution in [0.25, 0.3) is 0 Å². The van der Waals surface area contributed by atoms with Crippen molar-refractivity contribution in [2.45, 2.75) is 73.0 Å². The van der Waals surface area contributed by atoms with Crippen LogP contribution < -0.4 is 4.90 Å². The maximum absolute atomic E-state index is 12.8. The van der Waals surface area contributed by atoms with Crippen molar-refractivity contribution in [2.75, 3.05) is 18.0 Å². The Labute approximate surface area is 214 Å². The molecule has 0 aliphatic heterocycles. The van der Waals surface area contributed by atoms with Gasteiger partial charge in [-0.1, -0.05) is 37.4 Å². The number of thiol groups is 1. The van der Waals surface area contributed by atoms with Gasteiger partial charge in [0, 0.05) is 30.0 Å². The lowest BCUT2D eigenvalue weighted by molar-refractivity contribution is 0.0582. The molecule has 0 aliphatic carbocycles. The molecular formula is C24H35ClN4O5S. The zero-order chi connectivity index (χ0) is 26.3. The monoisotopic (exact) mass is 526 g/mol. The fourth-order valence-electron chi connectivity index (χ4n) is 3.42. The normalized spacial score (nSPS) is 11.5. The van der Waals surface area contributed by atoms with Crippen LogP contribution in [-0.4, -0.2) is 53.0 Å². The lowest BCUT2D eigenvalue weighted by atomic mass is 10.2. The van der Waals surface area contributed by atoms with Gasteiger partial charge in [-0.05, 0) is 58.7 Å². The summed E-state index contributed by atoms with van der Waals surface area (Å²) in [7, 11) is -3.05. The summed E-state index contributed by atoms with van der Waals surface area (Å²) in [6.45, 7) is 11.9. The van der Waals surface area contributed by atoms with Gasteiger partial charge in [0.05, 0.1) is 6.54 Å². The SMILES string of the molecule is CCCCCN(C(=O)c1cn(Cc2ccc(N(CC)C(=O)OC(C)(C)C)cc2Cl)c(C)n1)[SH](=O)=O. The van der Waals surface area contributed by atoms with Gasteiger partial charge in [0.1, 0.15) is 17.1 Å². The van der Waals surface area contributed by atoms with Crippen LogP contribution >= 0.6 is 11.6 Å². The highest BCUT2D eigenvalue weighted by Gasteiger charge is 2.24. The predicted molar refractivity (Wildman–Crippen MR) is 138 cm³/mol. The van der Waals surface area contributed by atoms with Gasteiger partial charge in [0.2, 0.25) is 10.9 Å². The van der Waals surface area contributed by atoms with Crippen LogP contribution in [0.4, 0.5) is 10.5 Å². The number of anilines is 1. The molecule has 0 unspecified atom stereocenters. The highest BCUT2D eigenvalue weighted by atomic mass is 35.5. The van der Waals surface area contributed by atoms with Gasteiger partial charge in [-0.3, -0.25) is 9.69 Å². The van der Waals surface area contributed by atoms with Crippen molar-refractivity contribution in [2.24, 2.45) is 0 Å². The number of hydrogen-bond acceptors (Lipinski definition) is 6. The van der Waals surface area contributed by atoms with E-state index in [1.165, 1.54) is 11.1 Å². The third-order valence-electron chi connectivity index (χ3n) is 5.22. The van der Waals surface area contributed by atoms with E-state index >= 15 is 0 Å². The Morgan fingerprint density at radius 1 is 1.17 bits per heavy atom. The second kappa shape index (κ2) is 12.4. The Morgan fingerprint density at radius 3 is 2.40 bits per heavy atom. The van der Waals surface area contributed by atoms with Gasteiger partial charge in [0.25, 0.3) is 5.91 Å². The van der Waals surface area contributed by atoms with Crippen molar-refractivity contribution in [3.05, 3.63) is 46.5 Å². The van der Waals surface area contributed by atoms with E-state index in [1.54, 1.807) is 50.5 Å². The Bertz CT molecular complexity index is 1120. The molecule has 0 spiro atoms. The number of amides is 2. The molecule has 0 saturated heterocycles. The molecule has 0 saturated carbocycles. The van der Waals surface area contributed by atoms with E-state index in [2.05, 4.69) is 4.98 Å².